The van der Waals surface area contributed by atoms with E-state index in [1.807, 2.05) is 0 Å². The van der Waals surface area contributed by atoms with Crippen molar-refractivity contribution in [2.45, 2.75) is 18.9 Å². The number of phenols is 1. The molecule has 0 spiro atoms. The van der Waals surface area contributed by atoms with Crippen molar-refractivity contribution in [2.75, 3.05) is 19.0 Å². The maximum atomic E-state index is 12.2. The molecule has 1 amide bonds. The van der Waals surface area contributed by atoms with Gasteiger partial charge in [0.2, 0.25) is 0 Å². The summed E-state index contributed by atoms with van der Waals surface area (Å²) < 4.78 is 10.6. The van der Waals surface area contributed by atoms with Crippen molar-refractivity contribution >= 4 is 11.7 Å². The summed E-state index contributed by atoms with van der Waals surface area (Å²) in [6.45, 7) is 0.739. The molecule has 1 aliphatic heterocycles. The molecule has 1 aromatic heterocycles. The summed E-state index contributed by atoms with van der Waals surface area (Å²) in [5, 5.41) is 19.3. The number of aromatic nitrogens is 2. The van der Waals surface area contributed by atoms with Crippen LogP contribution in [-0.2, 0) is 4.74 Å². The highest BCUT2D eigenvalue weighted by atomic mass is 16.5. The van der Waals surface area contributed by atoms with Gasteiger partial charge in [0.15, 0.2) is 5.82 Å². The molecule has 1 fully saturated rings. The van der Waals surface area contributed by atoms with Gasteiger partial charge in [-0.3, -0.25) is 9.89 Å². The normalized spacial score (nSPS) is 17.4. The third kappa shape index (κ3) is 2.89. The quantitative estimate of drug-likeness (QED) is 0.805. The van der Waals surface area contributed by atoms with E-state index in [1.54, 1.807) is 12.1 Å². The smallest absolute Gasteiger partial charge is 0.260 e. The third-order valence-electron chi connectivity index (χ3n) is 3.56. The summed E-state index contributed by atoms with van der Waals surface area (Å²) in [6, 6.07) is 6.20. The Morgan fingerprint density at radius 3 is 3.09 bits per heavy atom. The molecule has 7 heteroatoms. The molecular weight excluding hydrogens is 286 g/mol. The number of hydrogen-bond acceptors (Lipinski definition) is 5. The molecule has 1 unspecified atom stereocenters. The lowest BCUT2D eigenvalue weighted by molar-refractivity contribution is 0.102. The van der Waals surface area contributed by atoms with Crippen LogP contribution in [0.2, 0.25) is 0 Å². The van der Waals surface area contributed by atoms with Crippen molar-refractivity contribution in [1.82, 2.24) is 10.2 Å². The van der Waals surface area contributed by atoms with Crippen LogP contribution in [0.4, 0.5) is 5.82 Å². The van der Waals surface area contributed by atoms with E-state index in [1.165, 1.54) is 19.2 Å². The van der Waals surface area contributed by atoms with Crippen LogP contribution in [0.15, 0.2) is 24.3 Å². The van der Waals surface area contributed by atoms with Gasteiger partial charge >= 0.3 is 0 Å². The minimum Gasteiger partial charge on any atom is -0.507 e. The molecule has 1 aliphatic rings. The number of nitrogens with one attached hydrogen (secondary N) is 2. The number of H-pyrrole nitrogens is 1. The second-order valence-electron chi connectivity index (χ2n) is 5.05. The molecule has 1 saturated heterocycles. The number of ether oxygens (including phenoxy) is 2. The van der Waals surface area contributed by atoms with Gasteiger partial charge in [-0.25, -0.2) is 0 Å². The van der Waals surface area contributed by atoms with Gasteiger partial charge in [-0.1, -0.05) is 0 Å². The fourth-order valence-electron chi connectivity index (χ4n) is 2.40. The Morgan fingerprint density at radius 2 is 2.36 bits per heavy atom. The number of carbonyl (C=O) groups excluding carboxylic acids is 1. The van der Waals surface area contributed by atoms with Gasteiger partial charge in [-0.2, -0.15) is 5.10 Å². The lowest BCUT2D eigenvalue weighted by atomic mass is 10.1. The van der Waals surface area contributed by atoms with Crippen molar-refractivity contribution in [3.05, 3.63) is 35.5 Å². The second kappa shape index (κ2) is 6.07. The topological polar surface area (TPSA) is 96.5 Å². The number of amides is 1. The number of carbonyl (C=O) groups is 1. The lowest BCUT2D eigenvalue weighted by Crippen LogP contribution is -2.12. The van der Waals surface area contributed by atoms with Crippen LogP contribution >= 0.6 is 0 Å². The molecule has 116 valence electrons. The number of nitrogens with zero attached hydrogens (tertiary/aromatic N) is 1. The summed E-state index contributed by atoms with van der Waals surface area (Å²) in [5.74, 6) is 0.303. The first-order chi connectivity index (χ1) is 10.7. The molecule has 3 N–H and O–H groups in total. The van der Waals surface area contributed by atoms with E-state index >= 15 is 0 Å². The van der Waals surface area contributed by atoms with E-state index in [0.717, 1.165) is 25.1 Å². The molecule has 2 aromatic rings. The molecule has 0 radical (unpaired) electrons. The summed E-state index contributed by atoms with van der Waals surface area (Å²) in [4.78, 5) is 12.2. The fraction of sp³-hybridized carbons (Fsp3) is 0.333. The maximum Gasteiger partial charge on any atom is 0.260 e. The van der Waals surface area contributed by atoms with Crippen LogP contribution in [0, 0.1) is 0 Å². The van der Waals surface area contributed by atoms with Crippen LogP contribution < -0.4 is 10.1 Å². The van der Waals surface area contributed by atoms with Gasteiger partial charge in [0.1, 0.15) is 11.5 Å². The summed E-state index contributed by atoms with van der Waals surface area (Å²) in [5.41, 5.74) is 0.962. The predicted molar refractivity (Wildman–Crippen MR) is 79.1 cm³/mol. The van der Waals surface area contributed by atoms with Crippen molar-refractivity contribution in [2.24, 2.45) is 0 Å². The molecule has 0 aliphatic carbocycles. The third-order valence-corrected chi connectivity index (χ3v) is 3.56. The number of methoxy groups -OCH3 is 1. The second-order valence-corrected chi connectivity index (χ2v) is 5.05. The molecule has 1 aromatic carbocycles. The van der Waals surface area contributed by atoms with Crippen molar-refractivity contribution in [3.63, 3.8) is 0 Å². The highest BCUT2D eigenvalue weighted by molar-refractivity contribution is 6.05. The zero-order valence-electron chi connectivity index (χ0n) is 12.1. The van der Waals surface area contributed by atoms with E-state index in [-0.39, 0.29) is 17.4 Å². The molecule has 0 saturated carbocycles. The predicted octanol–water partition coefficient (Wildman–Crippen LogP) is 2.23. The molecular formula is C15H17N3O4. The Labute approximate surface area is 127 Å². The summed E-state index contributed by atoms with van der Waals surface area (Å²) in [6.07, 6.45) is 1.96. The molecule has 0 bridgehead atoms. The lowest BCUT2D eigenvalue weighted by Gasteiger charge is -2.07. The average molecular weight is 303 g/mol. The largest absolute Gasteiger partial charge is 0.507 e. The van der Waals surface area contributed by atoms with E-state index < -0.39 is 5.91 Å². The van der Waals surface area contributed by atoms with Gasteiger partial charge in [-0.05, 0) is 31.0 Å². The first kappa shape index (κ1) is 14.4. The summed E-state index contributed by atoms with van der Waals surface area (Å²) >= 11 is 0. The van der Waals surface area contributed by atoms with Crippen LogP contribution in [-0.4, -0.2) is 34.9 Å². The number of aromatic amines is 1. The monoisotopic (exact) mass is 303 g/mol. The highest BCUT2D eigenvalue weighted by Crippen LogP contribution is 2.28. The van der Waals surface area contributed by atoms with E-state index in [9.17, 15) is 9.90 Å². The van der Waals surface area contributed by atoms with Gasteiger partial charge in [0.05, 0.1) is 24.5 Å². The van der Waals surface area contributed by atoms with E-state index in [4.69, 9.17) is 9.47 Å². The Hall–Kier alpha value is -2.54. The van der Waals surface area contributed by atoms with Gasteiger partial charge in [-0.15, -0.1) is 0 Å². The van der Waals surface area contributed by atoms with Gasteiger partial charge in [0, 0.05) is 12.7 Å². The number of phenolic OH excluding ortho intramolecular Hbond substituents is 1. The Bertz CT molecular complexity index is 677. The molecule has 3 rings (SSSR count). The van der Waals surface area contributed by atoms with Crippen molar-refractivity contribution < 1.29 is 19.4 Å². The van der Waals surface area contributed by atoms with Crippen LogP contribution in [0.1, 0.15) is 35.0 Å². The van der Waals surface area contributed by atoms with Gasteiger partial charge < -0.3 is 19.9 Å². The van der Waals surface area contributed by atoms with E-state index in [2.05, 4.69) is 15.5 Å². The van der Waals surface area contributed by atoms with Crippen molar-refractivity contribution in [3.8, 4) is 11.5 Å². The number of benzene rings is 1. The average Bonchev–Trinajstić information content (AvgIpc) is 3.18. The van der Waals surface area contributed by atoms with Gasteiger partial charge in [0.25, 0.3) is 5.91 Å². The number of rotatable bonds is 4. The first-order valence-corrected chi connectivity index (χ1v) is 7.02. The number of aromatic hydroxyl groups is 1. The Balaban J connectivity index is 1.74. The van der Waals surface area contributed by atoms with Crippen LogP contribution in [0.3, 0.4) is 0 Å². The molecule has 1 atom stereocenters. The fourth-order valence-corrected chi connectivity index (χ4v) is 2.40. The van der Waals surface area contributed by atoms with Crippen LogP contribution in [0.25, 0.3) is 0 Å². The zero-order valence-corrected chi connectivity index (χ0v) is 12.1. The zero-order chi connectivity index (χ0) is 15.5. The maximum absolute atomic E-state index is 12.2. The highest BCUT2D eigenvalue weighted by Gasteiger charge is 2.21. The molecule has 2 heterocycles. The Morgan fingerprint density at radius 1 is 1.50 bits per heavy atom. The minimum absolute atomic E-state index is 0.00312. The first-order valence-electron chi connectivity index (χ1n) is 7.02. The SMILES string of the molecule is COc1ccc(O)c(C(=O)Nc2cc(C3CCCO3)[nH]n2)c1. The van der Waals surface area contributed by atoms with Crippen molar-refractivity contribution in [1.29, 1.82) is 0 Å². The van der Waals surface area contributed by atoms with E-state index in [0.29, 0.717) is 11.6 Å². The standard InChI is InChI=1S/C15H17N3O4/c1-21-9-4-5-12(19)10(7-9)15(20)16-14-8-11(17-18-14)13-3-2-6-22-13/h4-5,7-8,13,19H,2-3,6H2,1H3,(H2,16,17,18,20). The van der Waals surface area contributed by atoms with Crippen LogP contribution in [0.5, 0.6) is 11.5 Å². The Kier molecular flexibility index (Phi) is 3.97. The number of hydrogen-bond donors (Lipinski definition) is 3. The minimum atomic E-state index is -0.457. The summed E-state index contributed by atoms with van der Waals surface area (Å²) in [7, 11) is 1.50. The molecule has 22 heavy (non-hydrogen) atoms. The number of anilines is 1. The molecule has 7 nitrogen and oxygen atoms in total.